The van der Waals surface area contributed by atoms with Gasteiger partial charge in [-0.2, -0.15) is 0 Å². The van der Waals surface area contributed by atoms with Crippen LogP contribution < -0.4 is 4.74 Å². The topological polar surface area (TPSA) is 83.8 Å². The summed E-state index contributed by atoms with van der Waals surface area (Å²) in [6, 6.07) is 15.1. The number of hydrogen-bond acceptors (Lipinski definition) is 3. The summed E-state index contributed by atoms with van der Waals surface area (Å²) in [5.41, 5.74) is 0.499. The van der Waals surface area contributed by atoms with E-state index in [1.165, 1.54) is 7.11 Å². The molecule has 0 saturated carbocycles. The van der Waals surface area contributed by atoms with Crippen molar-refractivity contribution in [2.75, 3.05) is 7.11 Å². The largest absolute Gasteiger partial charge is 0.497 e. The molecule has 0 unspecified atom stereocenters. The van der Waals surface area contributed by atoms with Crippen LogP contribution >= 0.6 is 0 Å². The number of methoxy groups -OCH3 is 1. The Bertz CT molecular complexity index is 698. The van der Waals surface area contributed by atoms with E-state index in [9.17, 15) is 19.8 Å². The van der Waals surface area contributed by atoms with Crippen molar-refractivity contribution in [2.24, 2.45) is 0 Å². The molecule has 0 saturated heterocycles. The molecule has 5 heteroatoms. The summed E-state index contributed by atoms with van der Waals surface area (Å²) in [5, 5.41) is 18.5. The first kappa shape index (κ1) is 15.3. The van der Waals surface area contributed by atoms with Gasteiger partial charge in [-0.15, -0.1) is 0 Å². The van der Waals surface area contributed by atoms with Gasteiger partial charge < -0.3 is 14.9 Å². The molecule has 0 bridgehead atoms. The maximum Gasteiger partial charge on any atom is 0.343 e. The first-order chi connectivity index (χ1) is 10.5. The molecule has 0 spiro atoms. The first-order valence-corrected chi connectivity index (χ1v) is 6.45. The van der Waals surface area contributed by atoms with Crippen molar-refractivity contribution in [2.45, 2.75) is 0 Å². The Morgan fingerprint density at radius 3 is 1.77 bits per heavy atom. The van der Waals surface area contributed by atoms with Crippen LogP contribution in [0.5, 0.6) is 5.75 Å². The number of carboxylic acids is 2. The lowest BCUT2D eigenvalue weighted by Crippen LogP contribution is -2.14. The van der Waals surface area contributed by atoms with Gasteiger partial charge in [0.2, 0.25) is 0 Å². The van der Waals surface area contributed by atoms with Crippen molar-refractivity contribution < 1.29 is 24.5 Å². The zero-order valence-corrected chi connectivity index (χ0v) is 11.8. The summed E-state index contributed by atoms with van der Waals surface area (Å²) in [7, 11) is 1.52. The van der Waals surface area contributed by atoms with E-state index in [0.717, 1.165) is 0 Å². The van der Waals surface area contributed by atoms with Gasteiger partial charge in [-0.1, -0.05) is 42.5 Å². The molecule has 0 fully saturated rings. The van der Waals surface area contributed by atoms with Crippen molar-refractivity contribution in [1.82, 2.24) is 0 Å². The van der Waals surface area contributed by atoms with Crippen molar-refractivity contribution in [3.63, 3.8) is 0 Å². The molecular weight excluding hydrogens is 284 g/mol. The minimum atomic E-state index is -1.48. The standard InChI is InChI=1S/C17H14O5/c1-22-13-9-7-12(8-10-13)14(11-5-3-2-4-6-11)15(16(18)19)17(20)21/h2-10H,1H3,(H,18,19)(H,20,21). The van der Waals surface area contributed by atoms with E-state index < -0.39 is 17.5 Å². The van der Waals surface area contributed by atoms with Crippen LogP contribution in [0.4, 0.5) is 0 Å². The highest BCUT2D eigenvalue weighted by Crippen LogP contribution is 2.28. The molecular formula is C17H14O5. The summed E-state index contributed by atoms with van der Waals surface area (Å²) in [6.07, 6.45) is 0. The van der Waals surface area contributed by atoms with Gasteiger partial charge in [-0.05, 0) is 23.3 Å². The predicted molar refractivity (Wildman–Crippen MR) is 80.7 cm³/mol. The van der Waals surface area contributed by atoms with E-state index in [1.807, 2.05) is 0 Å². The summed E-state index contributed by atoms with van der Waals surface area (Å²) >= 11 is 0. The van der Waals surface area contributed by atoms with Crippen LogP contribution in [0.15, 0.2) is 60.2 Å². The van der Waals surface area contributed by atoms with E-state index in [-0.39, 0.29) is 5.57 Å². The van der Waals surface area contributed by atoms with Gasteiger partial charge in [-0.25, -0.2) is 9.59 Å². The first-order valence-electron chi connectivity index (χ1n) is 6.45. The lowest BCUT2D eigenvalue weighted by molar-refractivity contribution is -0.140. The highest BCUT2D eigenvalue weighted by atomic mass is 16.5. The highest BCUT2D eigenvalue weighted by Gasteiger charge is 2.24. The smallest absolute Gasteiger partial charge is 0.343 e. The Labute approximate surface area is 127 Å². The molecule has 112 valence electrons. The molecule has 0 aliphatic heterocycles. The maximum atomic E-state index is 11.4. The van der Waals surface area contributed by atoms with E-state index in [0.29, 0.717) is 16.9 Å². The molecule has 22 heavy (non-hydrogen) atoms. The fourth-order valence-corrected chi connectivity index (χ4v) is 2.12. The second-order valence-electron chi connectivity index (χ2n) is 4.45. The monoisotopic (exact) mass is 298 g/mol. The molecule has 2 aromatic rings. The van der Waals surface area contributed by atoms with Gasteiger partial charge in [0.25, 0.3) is 0 Å². The minimum Gasteiger partial charge on any atom is -0.497 e. The summed E-state index contributed by atoms with van der Waals surface area (Å²) in [6.45, 7) is 0. The second kappa shape index (κ2) is 6.58. The Kier molecular flexibility index (Phi) is 4.58. The third-order valence-corrected chi connectivity index (χ3v) is 3.12. The Balaban J connectivity index is 2.72. The van der Waals surface area contributed by atoms with E-state index in [4.69, 9.17) is 4.74 Å². The normalized spacial score (nSPS) is 9.86. The SMILES string of the molecule is COc1ccc(C(=C(C(=O)O)C(=O)O)c2ccccc2)cc1. The quantitative estimate of drug-likeness (QED) is 0.503. The van der Waals surface area contributed by atoms with Crippen LogP contribution in [-0.2, 0) is 9.59 Å². The van der Waals surface area contributed by atoms with Gasteiger partial charge in [0, 0.05) is 5.57 Å². The third-order valence-electron chi connectivity index (χ3n) is 3.12. The van der Waals surface area contributed by atoms with Crippen LogP contribution in [0.3, 0.4) is 0 Å². The molecule has 0 atom stereocenters. The fraction of sp³-hybridized carbons (Fsp3) is 0.0588. The van der Waals surface area contributed by atoms with Crippen LogP contribution in [0.1, 0.15) is 11.1 Å². The minimum absolute atomic E-state index is 0.156. The molecule has 0 aliphatic rings. The van der Waals surface area contributed by atoms with Crippen LogP contribution in [0, 0.1) is 0 Å². The van der Waals surface area contributed by atoms with Gasteiger partial charge in [0.15, 0.2) is 5.57 Å². The molecule has 0 radical (unpaired) electrons. The predicted octanol–water partition coefficient (Wildman–Crippen LogP) is 2.67. The van der Waals surface area contributed by atoms with Gasteiger partial charge in [0.1, 0.15) is 5.75 Å². The van der Waals surface area contributed by atoms with Crippen molar-refractivity contribution >= 4 is 17.5 Å². The number of carbonyl (C=O) groups is 2. The number of hydrogen-bond donors (Lipinski definition) is 2. The average molecular weight is 298 g/mol. The molecule has 2 N–H and O–H groups in total. The Morgan fingerprint density at radius 2 is 1.32 bits per heavy atom. The van der Waals surface area contributed by atoms with E-state index in [2.05, 4.69) is 0 Å². The van der Waals surface area contributed by atoms with Gasteiger partial charge in [-0.3, -0.25) is 0 Å². The molecule has 0 heterocycles. The van der Waals surface area contributed by atoms with Crippen molar-refractivity contribution in [3.8, 4) is 5.75 Å². The summed E-state index contributed by atoms with van der Waals surface area (Å²) < 4.78 is 5.06. The summed E-state index contributed by atoms with van der Waals surface area (Å²) in [5.74, 6) is -2.37. The molecule has 0 aliphatic carbocycles. The second-order valence-corrected chi connectivity index (χ2v) is 4.45. The molecule has 0 aromatic heterocycles. The number of rotatable bonds is 5. The Hall–Kier alpha value is -3.08. The maximum absolute atomic E-state index is 11.4. The summed E-state index contributed by atoms with van der Waals surface area (Å²) in [4.78, 5) is 22.8. The zero-order chi connectivity index (χ0) is 16.1. The highest BCUT2D eigenvalue weighted by molar-refractivity contribution is 6.20. The molecule has 2 rings (SSSR count). The average Bonchev–Trinajstić information content (AvgIpc) is 2.52. The van der Waals surface area contributed by atoms with Gasteiger partial charge >= 0.3 is 11.9 Å². The molecule has 0 amide bonds. The zero-order valence-electron chi connectivity index (χ0n) is 11.8. The molecule has 5 nitrogen and oxygen atoms in total. The number of ether oxygens (including phenoxy) is 1. The van der Waals surface area contributed by atoms with Crippen LogP contribution in [0.25, 0.3) is 5.57 Å². The van der Waals surface area contributed by atoms with E-state index >= 15 is 0 Å². The number of aliphatic carboxylic acids is 2. The Morgan fingerprint density at radius 1 is 0.818 bits per heavy atom. The van der Waals surface area contributed by atoms with Crippen LogP contribution in [0.2, 0.25) is 0 Å². The van der Waals surface area contributed by atoms with E-state index in [1.54, 1.807) is 54.6 Å². The fourth-order valence-electron chi connectivity index (χ4n) is 2.12. The molecule has 2 aromatic carbocycles. The van der Waals surface area contributed by atoms with Crippen molar-refractivity contribution in [1.29, 1.82) is 0 Å². The third kappa shape index (κ3) is 3.15. The number of benzene rings is 2. The van der Waals surface area contributed by atoms with Crippen molar-refractivity contribution in [3.05, 3.63) is 71.3 Å². The van der Waals surface area contributed by atoms with Gasteiger partial charge in [0.05, 0.1) is 7.11 Å². The lowest BCUT2D eigenvalue weighted by Gasteiger charge is -2.12. The van der Waals surface area contributed by atoms with Crippen LogP contribution in [-0.4, -0.2) is 29.3 Å². The number of carboxylic acid groups (broad SMARTS) is 2. The lowest BCUT2D eigenvalue weighted by atomic mass is 9.93.